The smallest absolute Gasteiger partial charge is 0.197 e. The summed E-state index contributed by atoms with van der Waals surface area (Å²) in [7, 11) is -1.96. The molecule has 0 unspecified atom stereocenters. The SMILES string of the molecule is CC(C)[Si](O)(C1CCCC1)C1CCCC1. The predicted octanol–water partition coefficient (Wildman–Crippen LogP) is 4.22. The molecule has 0 aromatic carbocycles. The molecule has 88 valence electrons. The second-order valence-corrected chi connectivity index (χ2v) is 10.6. The Morgan fingerprint density at radius 1 is 0.867 bits per heavy atom. The highest BCUT2D eigenvalue weighted by molar-refractivity contribution is 6.76. The largest absolute Gasteiger partial charge is 0.431 e. The van der Waals surface area contributed by atoms with Crippen molar-refractivity contribution in [3.8, 4) is 0 Å². The lowest BCUT2D eigenvalue weighted by atomic mass is 10.3. The molecular weight excluding hydrogens is 200 g/mol. The molecule has 2 aliphatic rings. The van der Waals surface area contributed by atoms with Crippen LogP contribution in [-0.4, -0.2) is 13.1 Å². The molecule has 0 atom stereocenters. The summed E-state index contributed by atoms with van der Waals surface area (Å²) in [6, 6.07) is 0. The van der Waals surface area contributed by atoms with Gasteiger partial charge in [-0.05, 0) is 16.6 Å². The summed E-state index contributed by atoms with van der Waals surface area (Å²) in [5.74, 6) is 0. The zero-order valence-electron chi connectivity index (χ0n) is 10.3. The molecule has 15 heavy (non-hydrogen) atoms. The Balaban J connectivity index is 2.14. The summed E-state index contributed by atoms with van der Waals surface area (Å²) in [4.78, 5) is 11.2. The lowest BCUT2D eigenvalue weighted by molar-refractivity contribution is 0.450. The Kier molecular flexibility index (Phi) is 3.56. The standard InChI is InChI=1S/C13H26OSi/c1-11(2)15(14,12-7-3-4-8-12)13-9-5-6-10-13/h11-14H,3-10H2,1-2H3. The van der Waals surface area contributed by atoms with Gasteiger partial charge in [0, 0.05) is 0 Å². The minimum atomic E-state index is -1.96. The van der Waals surface area contributed by atoms with Crippen LogP contribution >= 0.6 is 0 Å². The van der Waals surface area contributed by atoms with Crippen LogP contribution in [-0.2, 0) is 0 Å². The van der Waals surface area contributed by atoms with Crippen LogP contribution in [0.2, 0.25) is 16.6 Å². The first-order valence-electron chi connectivity index (χ1n) is 6.88. The third kappa shape index (κ3) is 2.03. The van der Waals surface area contributed by atoms with Gasteiger partial charge in [0.1, 0.15) is 0 Å². The van der Waals surface area contributed by atoms with Crippen molar-refractivity contribution >= 4 is 8.32 Å². The summed E-state index contributed by atoms with van der Waals surface area (Å²) in [5.41, 5.74) is 2.05. The highest BCUT2D eigenvalue weighted by Crippen LogP contribution is 2.52. The van der Waals surface area contributed by atoms with E-state index in [2.05, 4.69) is 13.8 Å². The van der Waals surface area contributed by atoms with E-state index in [1.807, 2.05) is 0 Å². The third-order valence-corrected chi connectivity index (χ3v) is 10.6. The molecule has 1 nitrogen and oxygen atoms in total. The minimum Gasteiger partial charge on any atom is -0.431 e. The quantitative estimate of drug-likeness (QED) is 0.714. The number of hydrogen-bond donors (Lipinski definition) is 1. The van der Waals surface area contributed by atoms with Crippen molar-refractivity contribution in [1.82, 2.24) is 0 Å². The molecule has 0 aliphatic heterocycles. The Morgan fingerprint density at radius 3 is 1.47 bits per heavy atom. The summed E-state index contributed by atoms with van der Waals surface area (Å²) in [5, 5.41) is 0. The van der Waals surface area contributed by atoms with Crippen LogP contribution in [0.5, 0.6) is 0 Å². The van der Waals surface area contributed by atoms with Crippen LogP contribution in [0, 0.1) is 0 Å². The van der Waals surface area contributed by atoms with Crippen LogP contribution in [0.3, 0.4) is 0 Å². The molecule has 0 aromatic rings. The van der Waals surface area contributed by atoms with Gasteiger partial charge >= 0.3 is 0 Å². The maximum absolute atomic E-state index is 11.2. The molecule has 2 saturated carbocycles. The van der Waals surface area contributed by atoms with Crippen molar-refractivity contribution in [3.05, 3.63) is 0 Å². The van der Waals surface area contributed by atoms with E-state index in [9.17, 15) is 4.80 Å². The molecule has 0 amide bonds. The first kappa shape index (κ1) is 11.7. The summed E-state index contributed by atoms with van der Waals surface area (Å²) in [6.45, 7) is 4.56. The molecule has 2 fully saturated rings. The lowest BCUT2D eigenvalue weighted by Gasteiger charge is -2.40. The van der Waals surface area contributed by atoms with Crippen molar-refractivity contribution in [1.29, 1.82) is 0 Å². The van der Waals surface area contributed by atoms with Gasteiger partial charge in [0.2, 0.25) is 0 Å². The fourth-order valence-electron chi connectivity index (χ4n) is 4.05. The van der Waals surface area contributed by atoms with Gasteiger partial charge in [-0.25, -0.2) is 0 Å². The Labute approximate surface area is 95.4 Å². The van der Waals surface area contributed by atoms with Crippen molar-refractivity contribution in [2.75, 3.05) is 0 Å². The molecular formula is C13H26OSi. The van der Waals surface area contributed by atoms with E-state index in [0.29, 0.717) is 5.54 Å². The normalized spacial score (nSPS) is 25.6. The van der Waals surface area contributed by atoms with Crippen molar-refractivity contribution in [3.63, 3.8) is 0 Å². The average Bonchev–Trinajstić information content (AvgIpc) is 2.89. The predicted molar refractivity (Wildman–Crippen MR) is 67.5 cm³/mol. The Hall–Kier alpha value is 0.177. The molecule has 0 spiro atoms. The van der Waals surface area contributed by atoms with Crippen LogP contribution in [0.25, 0.3) is 0 Å². The zero-order valence-corrected chi connectivity index (χ0v) is 11.3. The Morgan fingerprint density at radius 2 is 1.20 bits per heavy atom. The van der Waals surface area contributed by atoms with Crippen molar-refractivity contribution in [2.24, 2.45) is 0 Å². The molecule has 0 saturated heterocycles. The lowest BCUT2D eigenvalue weighted by Crippen LogP contribution is -2.46. The van der Waals surface area contributed by atoms with E-state index in [0.717, 1.165) is 11.1 Å². The van der Waals surface area contributed by atoms with Gasteiger partial charge in [-0.3, -0.25) is 0 Å². The molecule has 2 heteroatoms. The Bertz CT molecular complexity index is 187. The van der Waals surface area contributed by atoms with E-state index in [1.165, 1.54) is 51.4 Å². The molecule has 2 rings (SSSR count). The molecule has 0 radical (unpaired) electrons. The van der Waals surface area contributed by atoms with Crippen molar-refractivity contribution in [2.45, 2.75) is 81.8 Å². The first-order valence-corrected chi connectivity index (χ1v) is 9.06. The van der Waals surface area contributed by atoms with E-state index in [4.69, 9.17) is 0 Å². The summed E-state index contributed by atoms with van der Waals surface area (Å²) in [6.07, 6.45) is 10.8. The third-order valence-electron chi connectivity index (χ3n) is 4.94. The molecule has 2 aliphatic carbocycles. The molecule has 0 aromatic heterocycles. The number of rotatable bonds is 3. The van der Waals surface area contributed by atoms with Crippen LogP contribution < -0.4 is 0 Å². The monoisotopic (exact) mass is 226 g/mol. The molecule has 0 heterocycles. The van der Waals surface area contributed by atoms with Gasteiger partial charge in [-0.15, -0.1) is 0 Å². The first-order chi connectivity index (χ1) is 7.15. The van der Waals surface area contributed by atoms with E-state index < -0.39 is 8.32 Å². The van der Waals surface area contributed by atoms with Gasteiger partial charge in [0.25, 0.3) is 0 Å². The molecule has 1 N–H and O–H groups in total. The fraction of sp³-hybridized carbons (Fsp3) is 1.00. The zero-order chi connectivity index (χ0) is 10.9. The molecule has 0 bridgehead atoms. The van der Waals surface area contributed by atoms with Crippen molar-refractivity contribution < 1.29 is 4.80 Å². The topological polar surface area (TPSA) is 20.2 Å². The highest BCUT2D eigenvalue weighted by atomic mass is 28.4. The minimum absolute atomic E-state index is 0.573. The summed E-state index contributed by atoms with van der Waals surface area (Å²) < 4.78 is 0. The average molecular weight is 226 g/mol. The van der Waals surface area contributed by atoms with Crippen LogP contribution in [0.4, 0.5) is 0 Å². The number of hydrogen-bond acceptors (Lipinski definition) is 1. The van der Waals surface area contributed by atoms with Gasteiger partial charge < -0.3 is 4.80 Å². The van der Waals surface area contributed by atoms with Gasteiger partial charge in [0.15, 0.2) is 8.32 Å². The maximum atomic E-state index is 11.2. The maximum Gasteiger partial charge on any atom is 0.197 e. The van der Waals surface area contributed by atoms with Gasteiger partial charge in [-0.1, -0.05) is 65.2 Å². The van der Waals surface area contributed by atoms with Crippen LogP contribution in [0.15, 0.2) is 0 Å². The fourth-order valence-corrected chi connectivity index (χ4v) is 9.27. The van der Waals surface area contributed by atoms with E-state index in [1.54, 1.807) is 0 Å². The second kappa shape index (κ2) is 4.58. The van der Waals surface area contributed by atoms with Gasteiger partial charge in [-0.2, -0.15) is 0 Å². The summed E-state index contributed by atoms with van der Waals surface area (Å²) >= 11 is 0. The van der Waals surface area contributed by atoms with E-state index in [-0.39, 0.29) is 0 Å². The second-order valence-electron chi connectivity index (χ2n) is 6.00. The van der Waals surface area contributed by atoms with Crippen LogP contribution in [0.1, 0.15) is 65.2 Å². The highest BCUT2D eigenvalue weighted by Gasteiger charge is 2.50. The van der Waals surface area contributed by atoms with E-state index >= 15 is 0 Å². The van der Waals surface area contributed by atoms with Gasteiger partial charge in [0.05, 0.1) is 0 Å².